The van der Waals surface area contributed by atoms with Crippen molar-refractivity contribution in [1.29, 1.82) is 0 Å². The fraction of sp³-hybridized carbons (Fsp3) is 0.478. The van der Waals surface area contributed by atoms with Crippen LogP contribution in [0, 0.1) is 6.92 Å². The molecule has 6 heteroatoms. The van der Waals surface area contributed by atoms with E-state index >= 15 is 0 Å². The predicted molar refractivity (Wildman–Crippen MR) is 120 cm³/mol. The molecule has 29 heavy (non-hydrogen) atoms. The van der Waals surface area contributed by atoms with Gasteiger partial charge in [-0.15, -0.1) is 0 Å². The molecule has 2 heterocycles. The van der Waals surface area contributed by atoms with Gasteiger partial charge in [0.15, 0.2) is 0 Å². The van der Waals surface area contributed by atoms with E-state index in [0.29, 0.717) is 12.6 Å². The van der Waals surface area contributed by atoms with Gasteiger partial charge in [-0.2, -0.15) is 0 Å². The first-order valence-corrected chi connectivity index (χ1v) is 12.2. The van der Waals surface area contributed by atoms with E-state index in [-0.39, 0.29) is 5.75 Å². The van der Waals surface area contributed by atoms with Gasteiger partial charge in [0.2, 0.25) is 10.0 Å². The Morgan fingerprint density at radius 2 is 1.62 bits per heavy atom. The van der Waals surface area contributed by atoms with Crippen molar-refractivity contribution in [2.24, 2.45) is 0 Å². The fourth-order valence-corrected chi connectivity index (χ4v) is 6.08. The van der Waals surface area contributed by atoms with Gasteiger partial charge in [-0.05, 0) is 56.0 Å². The summed E-state index contributed by atoms with van der Waals surface area (Å²) in [7, 11) is -3.10. The Kier molecular flexibility index (Phi) is 5.83. The Bertz CT molecular complexity index is 935. The molecule has 0 aliphatic carbocycles. The number of benzene rings is 2. The van der Waals surface area contributed by atoms with Crippen molar-refractivity contribution in [3.05, 3.63) is 59.7 Å². The molecule has 2 fully saturated rings. The van der Waals surface area contributed by atoms with Crippen molar-refractivity contribution >= 4 is 21.4 Å². The smallest absolute Gasteiger partial charge is 0.235 e. The second kappa shape index (κ2) is 8.36. The highest BCUT2D eigenvalue weighted by Gasteiger charge is 2.28. The quantitative estimate of drug-likeness (QED) is 0.755. The van der Waals surface area contributed by atoms with E-state index in [9.17, 15) is 8.42 Å². The molecule has 5 nitrogen and oxygen atoms in total. The third-order valence-corrected chi connectivity index (χ3v) is 8.12. The maximum absolute atomic E-state index is 12.1. The van der Waals surface area contributed by atoms with Crippen LogP contribution < -0.4 is 9.21 Å². The lowest BCUT2D eigenvalue weighted by molar-refractivity contribution is 0.196. The van der Waals surface area contributed by atoms with Crippen molar-refractivity contribution in [2.75, 3.05) is 47.7 Å². The molecule has 0 N–H and O–H groups in total. The van der Waals surface area contributed by atoms with Crippen molar-refractivity contribution in [1.82, 2.24) is 4.90 Å². The largest absolute Gasteiger partial charge is 0.369 e. The molecule has 156 valence electrons. The number of anilines is 2. The van der Waals surface area contributed by atoms with Gasteiger partial charge in [-0.3, -0.25) is 9.21 Å². The van der Waals surface area contributed by atoms with Crippen LogP contribution in [-0.4, -0.2) is 57.8 Å². The first kappa shape index (κ1) is 20.2. The number of hydrogen-bond donors (Lipinski definition) is 0. The summed E-state index contributed by atoms with van der Waals surface area (Å²) in [6.45, 7) is 9.33. The number of hydrogen-bond acceptors (Lipinski definition) is 4. The molecule has 0 aromatic heterocycles. The average molecular weight is 414 g/mol. The van der Waals surface area contributed by atoms with Crippen LogP contribution in [0.3, 0.4) is 0 Å². The molecule has 2 aromatic rings. The zero-order valence-electron chi connectivity index (χ0n) is 17.4. The Hall–Kier alpha value is -2.05. The van der Waals surface area contributed by atoms with Gasteiger partial charge < -0.3 is 4.90 Å². The summed E-state index contributed by atoms with van der Waals surface area (Å²) in [6, 6.07) is 17.2. The van der Waals surface area contributed by atoms with E-state index in [1.165, 1.54) is 16.8 Å². The van der Waals surface area contributed by atoms with Crippen LogP contribution in [-0.2, 0) is 16.4 Å². The lowest BCUT2D eigenvalue weighted by Crippen LogP contribution is -2.50. The lowest BCUT2D eigenvalue weighted by atomic mass is 10.0. The molecule has 4 rings (SSSR count). The Balaban J connectivity index is 1.33. The van der Waals surface area contributed by atoms with Crippen LogP contribution in [0.25, 0.3) is 0 Å². The minimum Gasteiger partial charge on any atom is -0.369 e. The van der Waals surface area contributed by atoms with Crippen molar-refractivity contribution in [3.8, 4) is 0 Å². The molecule has 2 aliphatic rings. The molecule has 1 unspecified atom stereocenters. The maximum atomic E-state index is 12.1. The Labute approximate surface area is 175 Å². The second-order valence-electron chi connectivity index (χ2n) is 8.27. The van der Waals surface area contributed by atoms with Gasteiger partial charge in [0.05, 0.1) is 11.4 Å². The Morgan fingerprint density at radius 1 is 0.931 bits per heavy atom. The summed E-state index contributed by atoms with van der Waals surface area (Å²) >= 11 is 0. The van der Waals surface area contributed by atoms with E-state index in [0.717, 1.165) is 44.7 Å². The molecule has 2 aromatic carbocycles. The molecule has 0 spiro atoms. The molecular weight excluding hydrogens is 382 g/mol. The van der Waals surface area contributed by atoms with Crippen LogP contribution in [0.5, 0.6) is 0 Å². The van der Waals surface area contributed by atoms with Gasteiger partial charge in [0.25, 0.3) is 0 Å². The Morgan fingerprint density at radius 3 is 2.24 bits per heavy atom. The van der Waals surface area contributed by atoms with E-state index in [1.807, 2.05) is 12.1 Å². The monoisotopic (exact) mass is 413 g/mol. The first-order chi connectivity index (χ1) is 13.9. The number of nitrogens with zero attached hydrogens (tertiary/aromatic N) is 3. The van der Waals surface area contributed by atoms with E-state index < -0.39 is 10.0 Å². The zero-order chi connectivity index (χ0) is 20.4. The second-order valence-corrected chi connectivity index (χ2v) is 10.3. The maximum Gasteiger partial charge on any atom is 0.235 e. The molecule has 0 bridgehead atoms. The standard InChI is InChI=1S/C23H31N3O2S/c1-19-6-3-4-7-23(19)25-15-13-24(14-16-25)20(2)18-21-8-10-22(11-9-21)26-12-5-17-29(26,27)28/h3-4,6-11,20H,5,12-18H2,1-2H3. The molecular formula is C23H31N3O2S. The van der Waals surface area contributed by atoms with Gasteiger partial charge in [-0.1, -0.05) is 30.3 Å². The summed E-state index contributed by atoms with van der Waals surface area (Å²) in [4.78, 5) is 5.05. The van der Waals surface area contributed by atoms with Crippen LogP contribution in [0.2, 0.25) is 0 Å². The minimum atomic E-state index is -3.10. The van der Waals surface area contributed by atoms with Crippen molar-refractivity contribution < 1.29 is 8.42 Å². The highest BCUT2D eigenvalue weighted by Crippen LogP contribution is 2.25. The molecule has 2 saturated heterocycles. The molecule has 0 amide bonds. The SMILES string of the molecule is Cc1ccccc1N1CCN(C(C)Cc2ccc(N3CCCS3(=O)=O)cc2)CC1. The van der Waals surface area contributed by atoms with Crippen molar-refractivity contribution in [2.45, 2.75) is 32.7 Å². The molecule has 0 saturated carbocycles. The van der Waals surface area contributed by atoms with Gasteiger partial charge in [0.1, 0.15) is 0 Å². The van der Waals surface area contributed by atoms with Crippen LogP contribution in [0.4, 0.5) is 11.4 Å². The van der Waals surface area contributed by atoms with E-state index in [1.54, 1.807) is 4.31 Å². The summed E-state index contributed by atoms with van der Waals surface area (Å²) in [5, 5.41) is 0. The fourth-order valence-electron chi connectivity index (χ4n) is 4.52. The number of para-hydroxylation sites is 1. The summed E-state index contributed by atoms with van der Waals surface area (Å²) in [5.41, 5.74) is 4.76. The minimum absolute atomic E-state index is 0.264. The third kappa shape index (κ3) is 4.43. The zero-order valence-corrected chi connectivity index (χ0v) is 18.2. The lowest BCUT2D eigenvalue weighted by Gasteiger charge is -2.39. The normalized spacial score (nSPS) is 20.8. The highest BCUT2D eigenvalue weighted by molar-refractivity contribution is 7.93. The van der Waals surface area contributed by atoms with Crippen LogP contribution >= 0.6 is 0 Å². The van der Waals surface area contributed by atoms with Gasteiger partial charge in [-0.25, -0.2) is 8.42 Å². The summed E-state index contributed by atoms with van der Waals surface area (Å²) in [6.07, 6.45) is 1.70. The van der Waals surface area contributed by atoms with E-state index in [4.69, 9.17) is 0 Å². The number of rotatable bonds is 5. The third-order valence-electron chi connectivity index (χ3n) is 6.25. The van der Waals surface area contributed by atoms with Gasteiger partial charge in [0, 0.05) is 44.5 Å². The topological polar surface area (TPSA) is 43.9 Å². The van der Waals surface area contributed by atoms with Gasteiger partial charge >= 0.3 is 0 Å². The number of aryl methyl sites for hydroxylation is 1. The van der Waals surface area contributed by atoms with E-state index in [2.05, 4.69) is 60.0 Å². The highest BCUT2D eigenvalue weighted by atomic mass is 32.2. The van der Waals surface area contributed by atoms with Crippen LogP contribution in [0.1, 0.15) is 24.5 Å². The average Bonchev–Trinajstić information content (AvgIpc) is 3.08. The molecule has 0 radical (unpaired) electrons. The first-order valence-electron chi connectivity index (χ1n) is 10.6. The van der Waals surface area contributed by atoms with Crippen LogP contribution in [0.15, 0.2) is 48.5 Å². The molecule has 2 aliphatic heterocycles. The number of sulfonamides is 1. The predicted octanol–water partition coefficient (Wildman–Crippen LogP) is 3.29. The number of piperazine rings is 1. The summed E-state index contributed by atoms with van der Waals surface area (Å²) in [5.74, 6) is 0.264. The van der Waals surface area contributed by atoms with Crippen molar-refractivity contribution in [3.63, 3.8) is 0 Å². The molecule has 1 atom stereocenters. The summed E-state index contributed by atoms with van der Waals surface area (Å²) < 4.78 is 25.7.